The van der Waals surface area contributed by atoms with Crippen LogP contribution in [0, 0.1) is 5.82 Å². The molecule has 3 aromatic rings. The molecule has 0 aliphatic carbocycles. The van der Waals surface area contributed by atoms with E-state index >= 15 is 0 Å². The number of rotatable bonds is 4. The van der Waals surface area contributed by atoms with E-state index in [4.69, 9.17) is 0 Å². The first kappa shape index (κ1) is 17.3. The van der Waals surface area contributed by atoms with Crippen molar-refractivity contribution in [3.05, 3.63) is 70.5 Å². The lowest BCUT2D eigenvalue weighted by Crippen LogP contribution is -2.28. The van der Waals surface area contributed by atoms with Crippen molar-refractivity contribution in [3.63, 3.8) is 0 Å². The topological polar surface area (TPSA) is 90.3 Å². The number of hydrogen-bond donors (Lipinski definition) is 1. The molecule has 0 bridgehead atoms. The largest absolute Gasteiger partial charge is 0.465 e. The number of methoxy groups -OCH3 is 1. The Balaban J connectivity index is 1.84. The number of halogens is 1. The number of para-hydroxylation sites is 1. The van der Waals surface area contributed by atoms with Crippen LogP contribution in [0.4, 0.5) is 10.1 Å². The number of ether oxygens (including phenoxy) is 1. The number of nitrogens with zero attached hydrogens (tertiary/aromatic N) is 2. The van der Waals surface area contributed by atoms with Crippen molar-refractivity contribution in [3.8, 4) is 0 Å². The number of esters is 1. The van der Waals surface area contributed by atoms with Crippen LogP contribution in [0.25, 0.3) is 10.9 Å². The lowest BCUT2D eigenvalue weighted by Gasteiger charge is -2.11. The summed E-state index contributed by atoms with van der Waals surface area (Å²) in [5, 5.41) is 2.78. The van der Waals surface area contributed by atoms with Crippen molar-refractivity contribution < 1.29 is 18.7 Å². The van der Waals surface area contributed by atoms with E-state index in [1.165, 1.54) is 25.6 Å². The molecule has 0 unspecified atom stereocenters. The maximum absolute atomic E-state index is 13.2. The summed E-state index contributed by atoms with van der Waals surface area (Å²) in [5.41, 5.74) is 0.213. The van der Waals surface area contributed by atoms with Crippen LogP contribution in [-0.2, 0) is 16.1 Å². The van der Waals surface area contributed by atoms with Gasteiger partial charge < -0.3 is 10.1 Å². The summed E-state index contributed by atoms with van der Waals surface area (Å²) in [6.45, 7) is -0.311. The summed E-state index contributed by atoms with van der Waals surface area (Å²) in [5.74, 6) is -1.61. The van der Waals surface area contributed by atoms with Crippen LogP contribution >= 0.6 is 0 Å². The number of fused-ring (bicyclic) bond motifs is 1. The Morgan fingerprint density at radius 1 is 1.23 bits per heavy atom. The number of benzene rings is 2. The molecule has 0 atom stereocenters. The predicted molar refractivity (Wildman–Crippen MR) is 92.4 cm³/mol. The van der Waals surface area contributed by atoms with E-state index in [0.29, 0.717) is 0 Å². The van der Waals surface area contributed by atoms with Crippen molar-refractivity contribution >= 4 is 28.5 Å². The Labute approximate surface area is 147 Å². The highest BCUT2D eigenvalue weighted by Gasteiger charge is 2.14. The van der Waals surface area contributed by atoms with Gasteiger partial charge in [0.25, 0.3) is 5.56 Å². The van der Waals surface area contributed by atoms with Gasteiger partial charge in [0, 0.05) is 6.07 Å². The van der Waals surface area contributed by atoms with Crippen molar-refractivity contribution in [1.29, 1.82) is 0 Å². The van der Waals surface area contributed by atoms with Crippen molar-refractivity contribution in [2.45, 2.75) is 6.54 Å². The van der Waals surface area contributed by atoms with Gasteiger partial charge >= 0.3 is 5.97 Å². The normalized spacial score (nSPS) is 10.5. The Kier molecular flexibility index (Phi) is 4.74. The molecule has 3 rings (SSSR count). The quantitative estimate of drug-likeness (QED) is 0.723. The molecule has 0 spiro atoms. The van der Waals surface area contributed by atoms with Crippen LogP contribution in [-0.4, -0.2) is 28.5 Å². The van der Waals surface area contributed by atoms with Gasteiger partial charge in [-0.1, -0.05) is 12.1 Å². The van der Waals surface area contributed by atoms with E-state index < -0.39 is 23.3 Å². The summed E-state index contributed by atoms with van der Waals surface area (Å²) >= 11 is 0. The van der Waals surface area contributed by atoms with E-state index in [1.807, 2.05) is 0 Å². The molecule has 2 aromatic carbocycles. The third-order valence-corrected chi connectivity index (χ3v) is 3.71. The molecule has 0 radical (unpaired) electrons. The third-order valence-electron chi connectivity index (χ3n) is 3.71. The molecule has 1 amide bonds. The van der Waals surface area contributed by atoms with Crippen molar-refractivity contribution in [2.75, 3.05) is 12.4 Å². The van der Waals surface area contributed by atoms with Gasteiger partial charge in [0.1, 0.15) is 12.4 Å². The Hall–Kier alpha value is -3.55. The molecule has 132 valence electrons. The second-order valence-corrected chi connectivity index (χ2v) is 5.42. The van der Waals surface area contributed by atoms with Gasteiger partial charge in [-0.05, 0) is 24.3 Å². The lowest BCUT2D eigenvalue weighted by molar-refractivity contribution is -0.116. The average molecular weight is 355 g/mol. The van der Waals surface area contributed by atoms with Crippen LogP contribution < -0.4 is 10.9 Å². The van der Waals surface area contributed by atoms with Gasteiger partial charge in [-0.2, -0.15) is 0 Å². The van der Waals surface area contributed by atoms with Gasteiger partial charge in [-0.15, -0.1) is 0 Å². The number of carbonyl (C=O) groups is 2. The van der Waals surface area contributed by atoms with E-state index in [0.717, 1.165) is 16.7 Å². The first-order valence-corrected chi connectivity index (χ1v) is 7.61. The minimum atomic E-state index is -0.590. The summed E-state index contributed by atoms with van der Waals surface area (Å²) in [6, 6.07) is 9.98. The smallest absolute Gasteiger partial charge is 0.339 e. The van der Waals surface area contributed by atoms with E-state index in [-0.39, 0.29) is 28.7 Å². The zero-order chi connectivity index (χ0) is 18.7. The summed E-state index contributed by atoms with van der Waals surface area (Å²) in [7, 11) is 1.24. The summed E-state index contributed by atoms with van der Waals surface area (Å²) in [6.07, 6.45) is 1.18. The van der Waals surface area contributed by atoms with Crippen LogP contribution in [0.15, 0.2) is 53.6 Å². The Morgan fingerprint density at radius 2 is 2.00 bits per heavy atom. The molecule has 0 saturated carbocycles. The van der Waals surface area contributed by atoms with Gasteiger partial charge in [-0.25, -0.2) is 14.2 Å². The van der Waals surface area contributed by atoms with Crippen LogP contribution in [0.1, 0.15) is 10.4 Å². The molecule has 0 aliphatic heterocycles. The van der Waals surface area contributed by atoms with Gasteiger partial charge in [0.05, 0.1) is 35.6 Å². The fourth-order valence-electron chi connectivity index (χ4n) is 2.47. The third kappa shape index (κ3) is 3.44. The molecule has 0 aliphatic rings. The minimum Gasteiger partial charge on any atom is -0.465 e. The highest BCUT2D eigenvalue weighted by molar-refractivity contribution is 6.01. The second kappa shape index (κ2) is 7.14. The predicted octanol–water partition coefficient (Wildman–Crippen LogP) is 1.96. The number of nitrogens with one attached hydrogen (secondary N) is 1. The fraction of sp³-hybridized carbons (Fsp3) is 0.111. The van der Waals surface area contributed by atoms with Crippen LogP contribution in [0.3, 0.4) is 0 Å². The molecule has 0 fully saturated rings. The zero-order valence-corrected chi connectivity index (χ0v) is 13.7. The number of carbonyl (C=O) groups excluding carboxylic acids is 2. The Morgan fingerprint density at radius 3 is 2.77 bits per heavy atom. The van der Waals surface area contributed by atoms with Gasteiger partial charge in [0.15, 0.2) is 0 Å². The maximum atomic E-state index is 13.2. The number of hydrogen-bond acceptors (Lipinski definition) is 5. The molecule has 1 aromatic heterocycles. The molecule has 0 saturated heterocycles. The molecular weight excluding hydrogens is 341 g/mol. The molecule has 1 N–H and O–H groups in total. The highest BCUT2D eigenvalue weighted by atomic mass is 19.1. The first-order valence-electron chi connectivity index (χ1n) is 7.61. The molecule has 26 heavy (non-hydrogen) atoms. The van der Waals surface area contributed by atoms with Crippen molar-refractivity contribution in [2.24, 2.45) is 0 Å². The van der Waals surface area contributed by atoms with E-state index in [2.05, 4.69) is 15.0 Å². The number of amides is 1. The lowest BCUT2D eigenvalue weighted by atomic mass is 10.2. The fourth-order valence-corrected chi connectivity index (χ4v) is 2.47. The molecule has 8 heteroatoms. The minimum absolute atomic E-state index is 0.197. The number of anilines is 1. The molecule has 1 heterocycles. The van der Waals surface area contributed by atoms with E-state index in [1.54, 1.807) is 18.2 Å². The van der Waals surface area contributed by atoms with Crippen LogP contribution in [0.5, 0.6) is 0 Å². The van der Waals surface area contributed by atoms with Gasteiger partial charge in [0.2, 0.25) is 5.91 Å². The van der Waals surface area contributed by atoms with E-state index in [9.17, 15) is 18.8 Å². The highest BCUT2D eigenvalue weighted by Crippen LogP contribution is 2.16. The summed E-state index contributed by atoms with van der Waals surface area (Å²) < 4.78 is 19.0. The molecule has 7 nitrogen and oxygen atoms in total. The SMILES string of the molecule is COC(=O)c1ccccc1NC(=O)Cn1cnc2cc(F)ccc2c1=O. The molecular formula is C18H14FN3O4. The maximum Gasteiger partial charge on any atom is 0.339 e. The van der Waals surface area contributed by atoms with Crippen LogP contribution in [0.2, 0.25) is 0 Å². The number of aromatic nitrogens is 2. The van der Waals surface area contributed by atoms with Crippen molar-refractivity contribution in [1.82, 2.24) is 9.55 Å². The summed E-state index contributed by atoms with van der Waals surface area (Å²) in [4.78, 5) is 40.4. The average Bonchev–Trinajstić information content (AvgIpc) is 2.64. The Bertz CT molecular complexity index is 1060. The second-order valence-electron chi connectivity index (χ2n) is 5.42. The van der Waals surface area contributed by atoms with Gasteiger partial charge in [-0.3, -0.25) is 14.2 Å². The first-order chi connectivity index (χ1) is 12.5. The zero-order valence-electron chi connectivity index (χ0n) is 13.7. The standard InChI is InChI=1S/C18H14FN3O4/c1-26-18(25)13-4-2-3-5-14(13)21-16(23)9-22-10-20-15-8-11(19)6-7-12(15)17(22)24/h2-8,10H,9H2,1H3,(H,21,23). The monoisotopic (exact) mass is 355 g/mol.